The van der Waals surface area contributed by atoms with Gasteiger partial charge in [-0.25, -0.2) is 0 Å². The highest BCUT2D eigenvalue weighted by Gasteiger charge is 2.39. The zero-order valence-electron chi connectivity index (χ0n) is 10.8. The first kappa shape index (κ1) is 12.9. The molecule has 1 fully saturated rings. The molecule has 96 valence electrons. The van der Waals surface area contributed by atoms with E-state index < -0.39 is 0 Å². The fourth-order valence-corrected chi connectivity index (χ4v) is 2.28. The average molecular weight is 245 g/mol. The predicted octanol–water partition coefficient (Wildman–Crippen LogP) is 1.78. The van der Waals surface area contributed by atoms with Crippen molar-refractivity contribution in [3.63, 3.8) is 0 Å². The fourth-order valence-electron chi connectivity index (χ4n) is 2.28. The molecule has 3 N–H and O–H groups in total. The van der Waals surface area contributed by atoms with Crippen LogP contribution in [-0.2, 0) is 4.74 Å². The molecule has 1 aromatic carbocycles. The molecule has 1 saturated carbocycles. The molecule has 0 aromatic heterocycles. The van der Waals surface area contributed by atoms with Gasteiger partial charge in [-0.15, -0.1) is 0 Å². The summed E-state index contributed by atoms with van der Waals surface area (Å²) in [4.78, 5) is 0. The Morgan fingerprint density at radius 3 is 2.94 bits per heavy atom. The monoisotopic (exact) mass is 245 g/mol. The van der Waals surface area contributed by atoms with E-state index in [0.29, 0.717) is 12.2 Å². The molecule has 0 bridgehead atoms. The summed E-state index contributed by atoms with van der Waals surface area (Å²) in [6.45, 7) is 4.64. The van der Waals surface area contributed by atoms with Gasteiger partial charge in [0.05, 0.1) is 23.4 Å². The van der Waals surface area contributed by atoms with Crippen LogP contribution in [0.5, 0.6) is 0 Å². The molecule has 0 aliphatic heterocycles. The second-order valence-electron chi connectivity index (χ2n) is 4.72. The topological polar surface area (TPSA) is 71.1 Å². The molecule has 0 heterocycles. The Morgan fingerprint density at radius 1 is 1.56 bits per heavy atom. The van der Waals surface area contributed by atoms with Crippen LogP contribution in [0.2, 0.25) is 0 Å². The number of aryl methyl sites for hydroxylation is 1. The van der Waals surface area contributed by atoms with E-state index in [1.165, 1.54) is 0 Å². The Bertz CT molecular complexity index is 465. The third-order valence-corrected chi connectivity index (χ3v) is 3.36. The van der Waals surface area contributed by atoms with Crippen LogP contribution in [0.25, 0.3) is 0 Å². The largest absolute Gasteiger partial charge is 0.377 e. The maximum Gasteiger partial charge on any atom is 0.101 e. The molecule has 0 radical (unpaired) electrons. The smallest absolute Gasteiger partial charge is 0.101 e. The lowest BCUT2D eigenvalue weighted by Gasteiger charge is -2.43. The maximum atomic E-state index is 9.13. The molecule has 1 aliphatic rings. The number of nitrogens with two attached hydrogens (primary N) is 1. The summed E-state index contributed by atoms with van der Waals surface area (Å²) in [6.07, 6.45) is 1.03. The van der Waals surface area contributed by atoms with Gasteiger partial charge in [0.1, 0.15) is 6.07 Å². The van der Waals surface area contributed by atoms with Gasteiger partial charge in [0, 0.05) is 12.6 Å². The van der Waals surface area contributed by atoms with Gasteiger partial charge in [-0.2, -0.15) is 5.26 Å². The molecular formula is C14H19N3O. The van der Waals surface area contributed by atoms with Crippen LogP contribution in [0, 0.1) is 18.3 Å². The van der Waals surface area contributed by atoms with Gasteiger partial charge >= 0.3 is 0 Å². The highest BCUT2D eigenvalue weighted by atomic mass is 16.5. The summed E-state index contributed by atoms with van der Waals surface area (Å²) in [6, 6.07) is 8.20. The van der Waals surface area contributed by atoms with E-state index in [1.807, 2.05) is 32.0 Å². The number of nitrogens with one attached hydrogen (secondary N) is 1. The third kappa shape index (κ3) is 2.47. The van der Waals surface area contributed by atoms with Crippen molar-refractivity contribution >= 4 is 5.69 Å². The number of ether oxygens (including phenoxy) is 1. The summed E-state index contributed by atoms with van der Waals surface area (Å²) in [7, 11) is 0. The summed E-state index contributed by atoms with van der Waals surface area (Å²) in [5, 5.41) is 12.5. The van der Waals surface area contributed by atoms with E-state index in [2.05, 4.69) is 11.4 Å². The Balaban J connectivity index is 2.11. The summed E-state index contributed by atoms with van der Waals surface area (Å²) in [5.41, 5.74) is 8.56. The van der Waals surface area contributed by atoms with Crippen LogP contribution in [0.3, 0.4) is 0 Å². The van der Waals surface area contributed by atoms with Crippen molar-refractivity contribution in [1.82, 2.24) is 0 Å². The van der Waals surface area contributed by atoms with Crippen LogP contribution in [0.15, 0.2) is 18.2 Å². The van der Waals surface area contributed by atoms with Crippen molar-refractivity contribution in [3.8, 4) is 6.07 Å². The molecular weight excluding hydrogens is 226 g/mol. The predicted molar refractivity (Wildman–Crippen MR) is 71.3 cm³/mol. The van der Waals surface area contributed by atoms with E-state index in [9.17, 15) is 0 Å². The standard InChI is InChI=1S/C14H19N3O/c1-3-18-13-7-11(16)14(13)17-12-5-4-9(2)6-10(12)8-15/h4-6,11,13-14,17H,3,7,16H2,1-2H3. The second-order valence-corrected chi connectivity index (χ2v) is 4.72. The normalized spacial score (nSPS) is 26.2. The van der Waals surface area contributed by atoms with E-state index >= 15 is 0 Å². The van der Waals surface area contributed by atoms with Gasteiger partial charge in [0.15, 0.2) is 0 Å². The zero-order chi connectivity index (χ0) is 13.1. The molecule has 3 atom stereocenters. The summed E-state index contributed by atoms with van der Waals surface area (Å²) < 4.78 is 5.60. The Hall–Kier alpha value is -1.57. The van der Waals surface area contributed by atoms with Crippen LogP contribution >= 0.6 is 0 Å². The number of rotatable bonds is 4. The van der Waals surface area contributed by atoms with E-state index in [4.69, 9.17) is 15.7 Å². The number of benzene rings is 1. The van der Waals surface area contributed by atoms with Crippen molar-refractivity contribution in [2.45, 2.75) is 38.5 Å². The molecule has 0 saturated heterocycles. The van der Waals surface area contributed by atoms with Crippen LogP contribution in [0.1, 0.15) is 24.5 Å². The van der Waals surface area contributed by atoms with Crippen molar-refractivity contribution in [2.75, 3.05) is 11.9 Å². The molecule has 0 spiro atoms. The second kappa shape index (κ2) is 5.38. The third-order valence-electron chi connectivity index (χ3n) is 3.36. The molecule has 0 amide bonds. The minimum absolute atomic E-state index is 0.0920. The lowest BCUT2D eigenvalue weighted by Crippen LogP contribution is -2.60. The van der Waals surface area contributed by atoms with Gasteiger partial charge in [0.2, 0.25) is 0 Å². The molecule has 18 heavy (non-hydrogen) atoms. The lowest BCUT2D eigenvalue weighted by atomic mass is 9.83. The first-order chi connectivity index (χ1) is 8.65. The van der Waals surface area contributed by atoms with Crippen molar-refractivity contribution < 1.29 is 4.74 Å². The molecule has 4 nitrogen and oxygen atoms in total. The minimum atomic E-state index is 0.0920. The van der Waals surface area contributed by atoms with Crippen molar-refractivity contribution in [3.05, 3.63) is 29.3 Å². The first-order valence-electron chi connectivity index (χ1n) is 6.30. The van der Waals surface area contributed by atoms with Gasteiger partial charge in [-0.1, -0.05) is 6.07 Å². The van der Waals surface area contributed by atoms with Gasteiger partial charge in [0.25, 0.3) is 0 Å². The first-order valence-corrected chi connectivity index (χ1v) is 6.30. The maximum absolute atomic E-state index is 9.13. The van der Waals surface area contributed by atoms with E-state index in [-0.39, 0.29) is 18.2 Å². The van der Waals surface area contributed by atoms with Gasteiger partial charge < -0.3 is 15.8 Å². The Morgan fingerprint density at radius 2 is 2.33 bits per heavy atom. The summed E-state index contributed by atoms with van der Waals surface area (Å²) in [5.74, 6) is 0. The number of hydrogen-bond acceptors (Lipinski definition) is 4. The average Bonchev–Trinajstić information content (AvgIpc) is 2.36. The van der Waals surface area contributed by atoms with E-state index in [0.717, 1.165) is 17.7 Å². The highest BCUT2D eigenvalue weighted by molar-refractivity contribution is 5.59. The number of hydrogen-bond donors (Lipinski definition) is 2. The van der Waals surface area contributed by atoms with Crippen molar-refractivity contribution in [2.24, 2.45) is 5.73 Å². The highest BCUT2D eigenvalue weighted by Crippen LogP contribution is 2.28. The zero-order valence-corrected chi connectivity index (χ0v) is 10.8. The Labute approximate surface area is 108 Å². The molecule has 2 rings (SSSR count). The van der Waals surface area contributed by atoms with Gasteiger partial charge in [-0.05, 0) is 38.0 Å². The van der Waals surface area contributed by atoms with Crippen LogP contribution in [-0.4, -0.2) is 24.8 Å². The van der Waals surface area contributed by atoms with Gasteiger partial charge in [-0.3, -0.25) is 0 Å². The Kier molecular flexibility index (Phi) is 3.85. The molecule has 3 unspecified atom stereocenters. The number of anilines is 1. The number of nitrogens with zero attached hydrogens (tertiary/aromatic N) is 1. The van der Waals surface area contributed by atoms with E-state index in [1.54, 1.807) is 0 Å². The molecule has 4 heteroatoms. The SMILES string of the molecule is CCOC1CC(N)C1Nc1ccc(C)cc1C#N. The lowest BCUT2D eigenvalue weighted by molar-refractivity contribution is -0.0126. The minimum Gasteiger partial charge on any atom is -0.377 e. The molecule has 1 aromatic rings. The quantitative estimate of drug-likeness (QED) is 0.848. The van der Waals surface area contributed by atoms with Crippen LogP contribution < -0.4 is 11.1 Å². The van der Waals surface area contributed by atoms with Crippen molar-refractivity contribution in [1.29, 1.82) is 5.26 Å². The fraction of sp³-hybridized carbons (Fsp3) is 0.500. The van der Waals surface area contributed by atoms with Crippen LogP contribution in [0.4, 0.5) is 5.69 Å². The summed E-state index contributed by atoms with van der Waals surface area (Å²) >= 11 is 0. The molecule has 1 aliphatic carbocycles. The number of nitriles is 1.